The number of likely N-dealkylation sites (N-methyl/N-ethyl adjacent to an activating group) is 1. The van der Waals surface area contributed by atoms with E-state index in [-0.39, 0.29) is 18.4 Å². The van der Waals surface area contributed by atoms with Crippen LogP contribution in [0.25, 0.3) is 0 Å². The van der Waals surface area contributed by atoms with Crippen LogP contribution in [0.4, 0.5) is 0 Å². The number of hydrogen-bond donors (Lipinski definition) is 2. The maximum absolute atomic E-state index is 12.0. The van der Waals surface area contributed by atoms with Crippen LogP contribution in [0.15, 0.2) is 0 Å². The molecular weight excluding hydrogens is 278 g/mol. The Hall–Kier alpha value is 0.0800. The van der Waals surface area contributed by atoms with E-state index in [1.807, 2.05) is 0 Å². The third kappa shape index (κ3) is 5.38. The van der Waals surface area contributed by atoms with Gasteiger partial charge in [0.1, 0.15) is 0 Å². The van der Waals surface area contributed by atoms with Gasteiger partial charge in [0.25, 0.3) is 10.2 Å². The van der Waals surface area contributed by atoms with Crippen molar-refractivity contribution in [3.63, 3.8) is 0 Å². The average Bonchev–Trinajstić information content (AvgIpc) is 2.28. The summed E-state index contributed by atoms with van der Waals surface area (Å²) in [5.74, 6) is 0.314. The quantitative estimate of drug-likeness (QED) is 0.714. The molecule has 0 aromatic heterocycles. The van der Waals surface area contributed by atoms with Gasteiger partial charge in [-0.2, -0.15) is 17.4 Å². The number of rotatable bonds is 6. The molecule has 1 aliphatic heterocycles. The Bertz CT molecular complexity index is 326. The molecule has 0 bridgehead atoms. The van der Waals surface area contributed by atoms with Gasteiger partial charge in [-0.1, -0.05) is 6.92 Å². The highest BCUT2D eigenvalue weighted by Gasteiger charge is 2.27. The zero-order valence-electron chi connectivity index (χ0n) is 11.2. The number of piperidine rings is 1. The van der Waals surface area contributed by atoms with E-state index in [1.165, 1.54) is 4.31 Å². The predicted octanol–water partition coefficient (Wildman–Crippen LogP) is -0.181. The van der Waals surface area contributed by atoms with E-state index < -0.39 is 10.2 Å². The molecule has 2 atom stereocenters. The van der Waals surface area contributed by atoms with Gasteiger partial charge in [0.15, 0.2) is 0 Å². The number of nitrogens with zero attached hydrogens (tertiary/aromatic N) is 1. The molecule has 0 saturated carbocycles. The van der Waals surface area contributed by atoms with Crippen LogP contribution in [0, 0.1) is 5.92 Å². The van der Waals surface area contributed by atoms with Gasteiger partial charge in [0.2, 0.25) is 0 Å². The molecule has 0 amide bonds. The van der Waals surface area contributed by atoms with Gasteiger partial charge in [-0.05, 0) is 25.4 Å². The summed E-state index contributed by atoms with van der Waals surface area (Å²) in [7, 11) is -0.269. The van der Waals surface area contributed by atoms with Crippen LogP contribution in [0.2, 0.25) is 0 Å². The molecule has 1 saturated heterocycles. The van der Waals surface area contributed by atoms with Crippen LogP contribution in [0.5, 0.6) is 0 Å². The zero-order valence-corrected chi connectivity index (χ0v) is 12.8. The van der Waals surface area contributed by atoms with Gasteiger partial charge in [-0.25, -0.2) is 0 Å². The van der Waals surface area contributed by atoms with Crippen molar-refractivity contribution in [3.8, 4) is 0 Å². The van der Waals surface area contributed by atoms with Crippen molar-refractivity contribution in [1.29, 1.82) is 0 Å². The molecule has 1 rings (SSSR count). The van der Waals surface area contributed by atoms with Crippen molar-refractivity contribution < 1.29 is 13.2 Å². The van der Waals surface area contributed by atoms with Gasteiger partial charge in [0.05, 0.1) is 6.61 Å². The monoisotopic (exact) mass is 301 g/mol. The van der Waals surface area contributed by atoms with Gasteiger partial charge < -0.3 is 10.1 Å². The Kier molecular flexibility index (Phi) is 8.33. The van der Waals surface area contributed by atoms with E-state index >= 15 is 0 Å². The second-order valence-electron chi connectivity index (χ2n) is 4.51. The number of halogens is 1. The molecular formula is C10H24ClN3O3S. The van der Waals surface area contributed by atoms with E-state index in [1.54, 1.807) is 14.2 Å². The van der Waals surface area contributed by atoms with Crippen molar-refractivity contribution in [2.45, 2.75) is 19.4 Å². The molecule has 1 heterocycles. The van der Waals surface area contributed by atoms with Crippen LogP contribution in [0.1, 0.15) is 13.3 Å². The first-order valence-electron chi connectivity index (χ1n) is 5.90. The molecule has 2 unspecified atom stereocenters. The minimum absolute atomic E-state index is 0. The predicted molar refractivity (Wildman–Crippen MR) is 74.2 cm³/mol. The molecule has 1 aliphatic rings. The molecule has 1 fully saturated rings. The van der Waals surface area contributed by atoms with Crippen LogP contribution in [-0.4, -0.2) is 59.2 Å². The molecule has 18 heavy (non-hydrogen) atoms. The average molecular weight is 302 g/mol. The third-order valence-electron chi connectivity index (χ3n) is 3.11. The van der Waals surface area contributed by atoms with Crippen LogP contribution in [-0.2, 0) is 14.9 Å². The van der Waals surface area contributed by atoms with Crippen LogP contribution < -0.4 is 10.0 Å². The molecule has 0 aromatic rings. The summed E-state index contributed by atoms with van der Waals surface area (Å²) in [6, 6.07) is 0.0197. The highest BCUT2D eigenvalue weighted by atomic mass is 35.5. The summed E-state index contributed by atoms with van der Waals surface area (Å²) in [6.45, 7) is 4.53. The zero-order chi connectivity index (χ0) is 12.9. The van der Waals surface area contributed by atoms with Crippen molar-refractivity contribution in [1.82, 2.24) is 14.3 Å². The third-order valence-corrected chi connectivity index (χ3v) is 4.71. The lowest BCUT2D eigenvalue weighted by Gasteiger charge is -2.31. The maximum atomic E-state index is 12.0. The maximum Gasteiger partial charge on any atom is 0.279 e. The summed E-state index contributed by atoms with van der Waals surface area (Å²) in [5.41, 5.74) is 0. The lowest BCUT2D eigenvalue weighted by molar-refractivity contribution is 0.184. The van der Waals surface area contributed by atoms with E-state index in [2.05, 4.69) is 17.0 Å². The highest BCUT2D eigenvalue weighted by Crippen LogP contribution is 2.12. The summed E-state index contributed by atoms with van der Waals surface area (Å²) in [4.78, 5) is 0. The summed E-state index contributed by atoms with van der Waals surface area (Å²) < 4.78 is 32.9. The molecule has 8 heteroatoms. The van der Waals surface area contributed by atoms with E-state index in [9.17, 15) is 8.42 Å². The van der Waals surface area contributed by atoms with E-state index in [4.69, 9.17) is 4.74 Å². The van der Waals surface area contributed by atoms with E-state index in [0.717, 1.165) is 19.5 Å². The van der Waals surface area contributed by atoms with Crippen molar-refractivity contribution in [2.24, 2.45) is 5.92 Å². The number of hydrogen-bond acceptors (Lipinski definition) is 4. The largest absolute Gasteiger partial charge is 0.383 e. The minimum atomic E-state index is -3.39. The second-order valence-corrected chi connectivity index (χ2v) is 6.32. The van der Waals surface area contributed by atoms with Crippen LogP contribution >= 0.6 is 12.4 Å². The SMILES string of the molecule is COCCN(C)S(=O)(=O)NC1CCNCC1C.Cl. The fourth-order valence-electron chi connectivity index (χ4n) is 1.81. The van der Waals surface area contributed by atoms with Gasteiger partial charge in [-0.3, -0.25) is 0 Å². The smallest absolute Gasteiger partial charge is 0.279 e. The Labute approximate surface area is 116 Å². The molecule has 0 aromatic carbocycles. The fourth-order valence-corrected chi connectivity index (χ4v) is 3.04. The first-order valence-corrected chi connectivity index (χ1v) is 7.34. The molecule has 2 N–H and O–H groups in total. The van der Waals surface area contributed by atoms with Crippen molar-refractivity contribution in [3.05, 3.63) is 0 Å². The first-order chi connectivity index (χ1) is 7.97. The number of methoxy groups -OCH3 is 1. The Morgan fingerprint density at radius 3 is 2.72 bits per heavy atom. The normalized spacial score (nSPS) is 24.9. The lowest BCUT2D eigenvalue weighted by Crippen LogP contribution is -2.52. The van der Waals surface area contributed by atoms with Gasteiger partial charge >= 0.3 is 0 Å². The fraction of sp³-hybridized carbons (Fsp3) is 1.00. The van der Waals surface area contributed by atoms with Crippen molar-refractivity contribution >= 4 is 22.6 Å². The second kappa shape index (κ2) is 8.29. The van der Waals surface area contributed by atoms with Crippen molar-refractivity contribution in [2.75, 3.05) is 40.4 Å². The first kappa shape index (κ1) is 18.1. The van der Waals surface area contributed by atoms with Gasteiger partial charge in [-0.15, -0.1) is 12.4 Å². The summed E-state index contributed by atoms with van der Waals surface area (Å²) in [6.07, 6.45) is 0.832. The topological polar surface area (TPSA) is 70.7 Å². The number of nitrogens with one attached hydrogen (secondary N) is 2. The molecule has 110 valence electrons. The van der Waals surface area contributed by atoms with Crippen LogP contribution in [0.3, 0.4) is 0 Å². The summed E-state index contributed by atoms with van der Waals surface area (Å²) >= 11 is 0. The lowest BCUT2D eigenvalue weighted by atomic mass is 9.97. The van der Waals surface area contributed by atoms with E-state index in [0.29, 0.717) is 19.1 Å². The van der Waals surface area contributed by atoms with Gasteiger partial charge in [0, 0.05) is 26.7 Å². The Morgan fingerprint density at radius 1 is 1.50 bits per heavy atom. The molecule has 6 nitrogen and oxygen atoms in total. The molecule has 0 spiro atoms. The minimum Gasteiger partial charge on any atom is -0.383 e. The standard InChI is InChI=1S/C10H23N3O3S.ClH/c1-9-8-11-5-4-10(9)12-17(14,15)13(2)6-7-16-3;/h9-12H,4-8H2,1-3H3;1H. The summed E-state index contributed by atoms with van der Waals surface area (Å²) in [5, 5.41) is 3.25. The highest BCUT2D eigenvalue weighted by molar-refractivity contribution is 7.87. The molecule has 0 aliphatic carbocycles. The molecule has 0 radical (unpaired) electrons. The number of ether oxygens (including phenoxy) is 1. The Balaban J connectivity index is 0.00000289. The Morgan fingerprint density at radius 2 is 2.17 bits per heavy atom.